The van der Waals surface area contributed by atoms with Gasteiger partial charge in [0.1, 0.15) is 6.04 Å². The Labute approximate surface area is 353 Å². The number of allylic oxidation sites excluding steroid dienone is 1. The molecule has 1 nitrogen and oxygen atoms in total. The van der Waals surface area contributed by atoms with Crippen LogP contribution in [0.3, 0.4) is 0 Å². The smallest absolute Gasteiger partial charge is 0.101 e. The summed E-state index contributed by atoms with van der Waals surface area (Å²) in [6, 6.07) is 67.2. The van der Waals surface area contributed by atoms with E-state index in [0.717, 1.165) is 50.2 Å². The zero-order valence-electron chi connectivity index (χ0n) is 34.1. The molecule has 0 saturated heterocycles. The SMILES string of the molecule is C=CC(=NC(C(=C)C(=C)c1cccc(-c2ccccc2)c1)c1ccc2c3ccccc3c3ccccc3c2c1)c1cccc(-c2ccc3c(c2)C(C)(C)c2ccccc2-3)c1. The van der Waals surface area contributed by atoms with Crippen molar-refractivity contribution in [3.05, 3.63) is 247 Å². The maximum absolute atomic E-state index is 5.59. The van der Waals surface area contributed by atoms with Gasteiger partial charge in [0, 0.05) is 11.0 Å². The van der Waals surface area contributed by atoms with Crippen LogP contribution in [0.1, 0.15) is 47.7 Å². The molecule has 0 saturated carbocycles. The number of hydrogen-bond acceptors (Lipinski definition) is 1. The highest BCUT2D eigenvalue weighted by atomic mass is 14.8. The molecule has 0 N–H and O–H groups in total. The van der Waals surface area contributed by atoms with Gasteiger partial charge in [-0.15, -0.1) is 0 Å². The Morgan fingerprint density at radius 3 is 1.70 bits per heavy atom. The van der Waals surface area contributed by atoms with Crippen molar-refractivity contribution in [3.8, 4) is 33.4 Å². The monoisotopic (exact) mass is 767 g/mol. The third-order valence-electron chi connectivity index (χ3n) is 12.7. The molecule has 0 radical (unpaired) electrons. The summed E-state index contributed by atoms with van der Waals surface area (Å²) >= 11 is 0. The second-order valence-electron chi connectivity index (χ2n) is 16.5. The molecule has 1 unspecified atom stereocenters. The molecule has 1 aliphatic carbocycles. The molecule has 1 aliphatic rings. The summed E-state index contributed by atoms with van der Waals surface area (Å²) in [5.74, 6) is 0. The second-order valence-corrected chi connectivity index (χ2v) is 16.5. The van der Waals surface area contributed by atoms with E-state index in [1.807, 2.05) is 12.1 Å². The third kappa shape index (κ3) is 6.22. The molecule has 60 heavy (non-hydrogen) atoms. The van der Waals surface area contributed by atoms with Crippen molar-refractivity contribution in [1.29, 1.82) is 0 Å². The van der Waals surface area contributed by atoms with Crippen LogP contribution in [-0.4, -0.2) is 5.71 Å². The molecule has 286 valence electrons. The molecule has 0 spiro atoms. The van der Waals surface area contributed by atoms with E-state index in [4.69, 9.17) is 11.6 Å². The summed E-state index contributed by atoms with van der Waals surface area (Å²) in [7, 11) is 0. The van der Waals surface area contributed by atoms with Crippen LogP contribution in [0.25, 0.3) is 71.3 Å². The van der Waals surface area contributed by atoms with E-state index in [0.29, 0.717) is 0 Å². The molecule has 0 heterocycles. The molecule has 0 bridgehead atoms. The van der Waals surface area contributed by atoms with Gasteiger partial charge in [0.2, 0.25) is 0 Å². The van der Waals surface area contributed by atoms with Crippen molar-refractivity contribution in [2.24, 2.45) is 4.99 Å². The molecule has 1 heteroatoms. The highest BCUT2D eigenvalue weighted by molar-refractivity contribution is 6.25. The summed E-state index contributed by atoms with van der Waals surface area (Å²) in [4.78, 5) is 5.59. The molecule has 0 aromatic heterocycles. The fourth-order valence-corrected chi connectivity index (χ4v) is 9.44. The number of benzene rings is 9. The zero-order valence-corrected chi connectivity index (χ0v) is 34.1. The average Bonchev–Trinajstić information content (AvgIpc) is 3.54. The van der Waals surface area contributed by atoms with Gasteiger partial charge in [-0.2, -0.15) is 0 Å². The highest BCUT2D eigenvalue weighted by Gasteiger charge is 2.35. The molecule has 10 rings (SSSR count). The summed E-state index contributed by atoms with van der Waals surface area (Å²) in [5, 5.41) is 7.35. The van der Waals surface area contributed by atoms with Crippen LogP contribution in [0, 0.1) is 0 Å². The normalized spacial score (nSPS) is 13.5. The first-order chi connectivity index (χ1) is 29.3. The van der Waals surface area contributed by atoms with Crippen LogP contribution in [-0.2, 0) is 5.41 Å². The highest BCUT2D eigenvalue weighted by Crippen LogP contribution is 2.49. The first-order valence-corrected chi connectivity index (χ1v) is 20.7. The van der Waals surface area contributed by atoms with Crippen molar-refractivity contribution in [1.82, 2.24) is 0 Å². The molecule has 0 fully saturated rings. The lowest BCUT2D eigenvalue weighted by atomic mass is 9.81. The van der Waals surface area contributed by atoms with Crippen LogP contribution in [0.4, 0.5) is 0 Å². The van der Waals surface area contributed by atoms with Crippen molar-refractivity contribution >= 4 is 43.6 Å². The molecular weight excluding hydrogens is 723 g/mol. The van der Waals surface area contributed by atoms with E-state index in [-0.39, 0.29) is 5.41 Å². The number of aliphatic imine (C=N–C) groups is 1. The fourth-order valence-electron chi connectivity index (χ4n) is 9.44. The summed E-state index contributed by atoms with van der Waals surface area (Å²) in [6.45, 7) is 18.4. The van der Waals surface area contributed by atoms with Crippen molar-refractivity contribution in [2.75, 3.05) is 0 Å². The van der Waals surface area contributed by atoms with Crippen LogP contribution in [0.15, 0.2) is 224 Å². The van der Waals surface area contributed by atoms with Gasteiger partial charge in [-0.25, -0.2) is 0 Å². The Kier molecular flexibility index (Phi) is 9.11. The Morgan fingerprint density at radius 2 is 1.00 bits per heavy atom. The lowest BCUT2D eigenvalue weighted by molar-refractivity contribution is 0.660. The maximum atomic E-state index is 5.59. The predicted molar refractivity (Wildman–Crippen MR) is 258 cm³/mol. The van der Waals surface area contributed by atoms with E-state index in [1.165, 1.54) is 60.1 Å². The van der Waals surface area contributed by atoms with Crippen molar-refractivity contribution in [3.63, 3.8) is 0 Å². The van der Waals surface area contributed by atoms with E-state index in [9.17, 15) is 0 Å². The molecule has 9 aromatic carbocycles. The zero-order chi connectivity index (χ0) is 41.0. The second kappa shape index (κ2) is 14.8. The standard InChI is InChI=1S/C59H45N/c1-6-57(45-23-17-22-43(35-45)44-30-33-53-52-28-14-15-29-55(52)59(4,5)56(53)37-44)60-58(39(3)38(2)41-20-16-21-42(34-41)40-18-8-7-9-19-40)46-31-32-51-49-26-11-10-24-47(49)48-25-12-13-27-50(48)54(51)36-46/h6-37,58H,1-3H2,4-5H3. The Hall–Kier alpha value is -7.35. The number of fused-ring (bicyclic) bond motifs is 9. The summed E-state index contributed by atoms with van der Waals surface area (Å²) in [6.07, 6.45) is 1.88. The number of rotatable bonds is 9. The Balaban J connectivity index is 1.10. The molecule has 0 aliphatic heterocycles. The maximum Gasteiger partial charge on any atom is 0.101 e. The van der Waals surface area contributed by atoms with Gasteiger partial charge in [0.15, 0.2) is 0 Å². The van der Waals surface area contributed by atoms with Crippen LogP contribution < -0.4 is 0 Å². The van der Waals surface area contributed by atoms with Gasteiger partial charge in [-0.05, 0) is 129 Å². The largest absolute Gasteiger partial charge is 0.272 e. The van der Waals surface area contributed by atoms with Gasteiger partial charge in [-0.1, -0.05) is 197 Å². The van der Waals surface area contributed by atoms with E-state index in [1.54, 1.807) is 0 Å². The minimum absolute atomic E-state index is 0.0820. The summed E-state index contributed by atoms with van der Waals surface area (Å²) in [5.41, 5.74) is 15.4. The topological polar surface area (TPSA) is 12.4 Å². The van der Waals surface area contributed by atoms with Gasteiger partial charge in [0.25, 0.3) is 0 Å². The molecule has 1 atom stereocenters. The van der Waals surface area contributed by atoms with E-state index < -0.39 is 6.04 Å². The fraction of sp³-hybridized carbons (Fsp3) is 0.0678. The predicted octanol–water partition coefficient (Wildman–Crippen LogP) is 15.8. The number of hydrogen-bond donors (Lipinski definition) is 0. The van der Waals surface area contributed by atoms with Gasteiger partial charge < -0.3 is 0 Å². The van der Waals surface area contributed by atoms with Gasteiger partial charge >= 0.3 is 0 Å². The van der Waals surface area contributed by atoms with Gasteiger partial charge in [0.05, 0.1) is 5.71 Å². The first-order valence-electron chi connectivity index (χ1n) is 20.7. The Bertz CT molecular complexity index is 3200. The third-order valence-corrected chi connectivity index (χ3v) is 12.7. The molecular formula is C59H45N. The van der Waals surface area contributed by atoms with E-state index in [2.05, 4.69) is 209 Å². The van der Waals surface area contributed by atoms with E-state index >= 15 is 0 Å². The van der Waals surface area contributed by atoms with Crippen LogP contribution in [0.2, 0.25) is 0 Å². The van der Waals surface area contributed by atoms with Crippen molar-refractivity contribution in [2.45, 2.75) is 25.3 Å². The lowest BCUT2D eigenvalue weighted by Gasteiger charge is -2.22. The lowest BCUT2D eigenvalue weighted by Crippen LogP contribution is -2.14. The van der Waals surface area contributed by atoms with Gasteiger partial charge in [-0.3, -0.25) is 4.99 Å². The van der Waals surface area contributed by atoms with Crippen LogP contribution >= 0.6 is 0 Å². The average molecular weight is 768 g/mol. The first kappa shape index (κ1) is 37.0. The quantitative estimate of drug-likeness (QED) is 0.0788. The molecule has 9 aromatic rings. The minimum Gasteiger partial charge on any atom is -0.272 e. The number of nitrogens with zero attached hydrogens (tertiary/aromatic N) is 1. The summed E-state index contributed by atoms with van der Waals surface area (Å²) < 4.78 is 0. The molecule has 0 amide bonds. The van der Waals surface area contributed by atoms with Crippen molar-refractivity contribution < 1.29 is 0 Å². The minimum atomic E-state index is -0.441. The Morgan fingerprint density at radius 1 is 0.467 bits per heavy atom. The van der Waals surface area contributed by atoms with Crippen LogP contribution in [0.5, 0.6) is 0 Å².